The lowest BCUT2D eigenvalue weighted by atomic mass is 10.0. The molecule has 1 aromatic carbocycles. The first-order valence-corrected chi connectivity index (χ1v) is 7.25. The number of rotatable bonds is 4. The Hall–Kier alpha value is -1.02. The molecule has 2 fully saturated rings. The second kappa shape index (κ2) is 4.93. The van der Waals surface area contributed by atoms with E-state index in [1.807, 2.05) is 24.3 Å². The second-order valence-electron chi connectivity index (χ2n) is 5.55. The Kier molecular flexibility index (Phi) is 3.29. The summed E-state index contributed by atoms with van der Waals surface area (Å²) in [7, 11) is 0. The molecule has 0 saturated heterocycles. The lowest BCUT2D eigenvalue weighted by Crippen LogP contribution is -2.21. The summed E-state index contributed by atoms with van der Waals surface area (Å²) in [5.74, 6) is 2.79. The van der Waals surface area contributed by atoms with Gasteiger partial charge >= 0.3 is 0 Å². The number of carbonyl (C=O) groups is 1. The highest BCUT2D eigenvalue weighted by atomic mass is 35.5. The number of nitrogens with one attached hydrogen (secondary N) is 1. The third kappa shape index (κ3) is 2.54. The molecule has 1 N–H and O–H groups in total. The van der Waals surface area contributed by atoms with Gasteiger partial charge in [-0.1, -0.05) is 12.1 Å². The third-order valence-corrected chi connectivity index (χ3v) is 4.41. The number of hydrogen-bond acceptors (Lipinski definition) is 1. The highest BCUT2D eigenvalue weighted by Gasteiger charge is 2.47. The SMILES string of the molecule is O=C(Nc1ccc(CCCl)cc1)C1CC2CC2C1. The van der Waals surface area contributed by atoms with E-state index in [1.165, 1.54) is 12.0 Å². The number of alkyl halides is 1. The highest BCUT2D eigenvalue weighted by Crippen LogP contribution is 2.54. The second-order valence-corrected chi connectivity index (χ2v) is 5.93. The predicted molar refractivity (Wildman–Crippen MR) is 73.8 cm³/mol. The summed E-state index contributed by atoms with van der Waals surface area (Å²) in [6.07, 6.45) is 4.43. The largest absolute Gasteiger partial charge is 0.326 e. The van der Waals surface area contributed by atoms with Crippen LogP contribution in [0.4, 0.5) is 5.69 Å². The number of fused-ring (bicyclic) bond motifs is 1. The molecule has 0 heterocycles. The molecule has 2 nitrogen and oxygen atoms in total. The maximum atomic E-state index is 12.1. The smallest absolute Gasteiger partial charge is 0.227 e. The summed E-state index contributed by atoms with van der Waals surface area (Å²) >= 11 is 5.69. The minimum absolute atomic E-state index is 0.201. The standard InChI is InChI=1S/C15H18ClNO/c16-6-5-10-1-3-14(4-2-10)17-15(18)13-8-11-7-12(11)9-13/h1-4,11-13H,5-9H2,(H,17,18). The summed E-state index contributed by atoms with van der Waals surface area (Å²) in [5.41, 5.74) is 2.11. The van der Waals surface area contributed by atoms with E-state index >= 15 is 0 Å². The van der Waals surface area contributed by atoms with Gasteiger partial charge in [0, 0.05) is 17.5 Å². The molecule has 1 amide bonds. The molecule has 0 aromatic heterocycles. The van der Waals surface area contributed by atoms with Crippen molar-refractivity contribution in [3.05, 3.63) is 29.8 Å². The van der Waals surface area contributed by atoms with Crippen molar-refractivity contribution in [3.63, 3.8) is 0 Å². The van der Waals surface area contributed by atoms with E-state index in [0.29, 0.717) is 5.88 Å². The molecule has 2 unspecified atom stereocenters. The molecular weight excluding hydrogens is 246 g/mol. The molecule has 18 heavy (non-hydrogen) atoms. The van der Waals surface area contributed by atoms with Crippen LogP contribution in [0.5, 0.6) is 0 Å². The van der Waals surface area contributed by atoms with Gasteiger partial charge in [0.1, 0.15) is 0 Å². The van der Waals surface area contributed by atoms with Gasteiger partial charge < -0.3 is 5.32 Å². The first-order valence-electron chi connectivity index (χ1n) is 6.72. The Morgan fingerprint density at radius 1 is 1.17 bits per heavy atom. The van der Waals surface area contributed by atoms with Crippen LogP contribution in [0.1, 0.15) is 24.8 Å². The van der Waals surface area contributed by atoms with Crippen molar-refractivity contribution in [3.8, 4) is 0 Å². The lowest BCUT2D eigenvalue weighted by molar-refractivity contribution is -0.120. The van der Waals surface area contributed by atoms with Crippen LogP contribution >= 0.6 is 11.6 Å². The maximum Gasteiger partial charge on any atom is 0.227 e. The van der Waals surface area contributed by atoms with Gasteiger partial charge in [-0.05, 0) is 55.2 Å². The van der Waals surface area contributed by atoms with Crippen LogP contribution in [0.15, 0.2) is 24.3 Å². The van der Waals surface area contributed by atoms with Crippen molar-refractivity contribution in [1.82, 2.24) is 0 Å². The molecular formula is C15H18ClNO. The summed E-state index contributed by atoms with van der Waals surface area (Å²) in [6, 6.07) is 8.00. The van der Waals surface area contributed by atoms with Crippen molar-refractivity contribution in [2.24, 2.45) is 17.8 Å². The molecule has 1 aromatic rings. The fraction of sp³-hybridized carbons (Fsp3) is 0.533. The van der Waals surface area contributed by atoms with E-state index < -0.39 is 0 Å². The fourth-order valence-corrected chi connectivity index (χ4v) is 3.26. The van der Waals surface area contributed by atoms with Gasteiger partial charge in [0.05, 0.1) is 0 Å². The normalized spacial score (nSPS) is 28.8. The topological polar surface area (TPSA) is 29.1 Å². The quantitative estimate of drug-likeness (QED) is 0.829. The van der Waals surface area contributed by atoms with Crippen molar-refractivity contribution >= 4 is 23.2 Å². The van der Waals surface area contributed by atoms with Crippen LogP contribution in [0.3, 0.4) is 0 Å². The monoisotopic (exact) mass is 263 g/mol. The van der Waals surface area contributed by atoms with Crippen LogP contribution in [0.2, 0.25) is 0 Å². The maximum absolute atomic E-state index is 12.1. The van der Waals surface area contributed by atoms with Crippen LogP contribution in [0, 0.1) is 17.8 Å². The van der Waals surface area contributed by atoms with E-state index in [9.17, 15) is 4.79 Å². The van der Waals surface area contributed by atoms with Crippen molar-refractivity contribution in [1.29, 1.82) is 0 Å². The molecule has 2 aliphatic rings. The zero-order valence-corrected chi connectivity index (χ0v) is 11.1. The Morgan fingerprint density at radius 2 is 1.83 bits per heavy atom. The number of halogens is 1. The molecule has 2 saturated carbocycles. The molecule has 2 aliphatic carbocycles. The molecule has 0 aliphatic heterocycles. The molecule has 2 atom stereocenters. The van der Waals surface area contributed by atoms with E-state index in [-0.39, 0.29) is 11.8 Å². The molecule has 3 rings (SSSR count). The Labute approximate surface area is 113 Å². The predicted octanol–water partition coefficient (Wildman–Crippen LogP) is 3.45. The minimum Gasteiger partial charge on any atom is -0.326 e. The van der Waals surface area contributed by atoms with E-state index in [0.717, 1.165) is 36.8 Å². The number of anilines is 1. The summed E-state index contributed by atoms with van der Waals surface area (Å²) in [4.78, 5) is 12.1. The van der Waals surface area contributed by atoms with Gasteiger partial charge in [0.2, 0.25) is 5.91 Å². The third-order valence-electron chi connectivity index (χ3n) is 4.22. The van der Waals surface area contributed by atoms with E-state index in [2.05, 4.69) is 5.32 Å². The highest BCUT2D eigenvalue weighted by molar-refractivity contribution is 6.17. The van der Waals surface area contributed by atoms with E-state index in [4.69, 9.17) is 11.6 Å². The average molecular weight is 264 g/mol. The van der Waals surface area contributed by atoms with Gasteiger partial charge in [-0.25, -0.2) is 0 Å². The van der Waals surface area contributed by atoms with E-state index in [1.54, 1.807) is 0 Å². The minimum atomic E-state index is 0.201. The Bertz CT molecular complexity index is 432. The molecule has 0 bridgehead atoms. The van der Waals surface area contributed by atoms with Crippen molar-refractivity contribution in [2.45, 2.75) is 25.7 Å². The summed E-state index contributed by atoms with van der Waals surface area (Å²) in [6.45, 7) is 0. The summed E-state index contributed by atoms with van der Waals surface area (Å²) < 4.78 is 0. The Morgan fingerprint density at radius 3 is 2.44 bits per heavy atom. The number of aryl methyl sites for hydroxylation is 1. The van der Waals surface area contributed by atoms with Crippen LogP contribution < -0.4 is 5.32 Å². The molecule has 96 valence electrons. The first kappa shape index (κ1) is 12.0. The Balaban J connectivity index is 1.56. The van der Waals surface area contributed by atoms with Crippen LogP contribution in [0.25, 0.3) is 0 Å². The van der Waals surface area contributed by atoms with Gasteiger partial charge in [-0.15, -0.1) is 11.6 Å². The van der Waals surface area contributed by atoms with Gasteiger partial charge in [-0.2, -0.15) is 0 Å². The summed E-state index contributed by atoms with van der Waals surface area (Å²) in [5, 5.41) is 3.02. The zero-order valence-electron chi connectivity index (χ0n) is 10.4. The zero-order chi connectivity index (χ0) is 12.5. The van der Waals surface area contributed by atoms with Gasteiger partial charge in [0.15, 0.2) is 0 Å². The van der Waals surface area contributed by atoms with Crippen LogP contribution in [-0.2, 0) is 11.2 Å². The average Bonchev–Trinajstić information content (AvgIpc) is 2.99. The molecule has 0 radical (unpaired) electrons. The molecule has 3 heteroatoms. The van der Waals surface area contributed by atoms with Gasteiger partial charge in [0.25, 0.3) is 0 Å². The van der Waals surface area contributed by atoms with Crippen LogP contribution in [-0.4, -0.2) is 11.8 Å². The first-order chi connectivity index (χ1) is 8.76. The fourth-order valence-electron chi connectivity index (χ4n) is 3.04. The van der Waals surface area contributed by atoms with Crippen molar-refractivity contribution in [2.75, 3.05) is 11.2 Å². The number of benzene rings is 1. The lowest BCUT2D eigenvalue weighted by Gasteiger charge is -2.12. The number of amides is 1. The van der Waals surface area contributed by atoms with Gasteiger partial charge in [-0.3, -0.25) is 4.79 Å². The number of carbonyl (C=O) groups excluding carboxylic acids is 1. The van der Waals surface area contributed by atoms with Crippen molar-refractivity contribution < 1.29 is 4.79 Å². The number of hydrogen-bond donors (Lipinski definition) is 1. The molecule has 0 spiro atoms.